The predicted octanol–water partition coefficient (Wildman–Crippen LogP) is 4.77. The topological polar surface area (TPSA) is 74.8 Å². The number of nitrogens with zero attached hydrogens (tertiary/aromatic N) is 1. The molecule has 0 amide bonds. The minimum Gasteiger partial charge on any atom is -0.343 e. The number of aromatic amines is 1. The van der Waals surface area contributed by atoms with E-state index < -0.39 is 5.92 Å². The highest BCUT2D eigenvalue weighted by atomic mass is 32.2. The number of carbonyl (C=O) groups is 1. The first-order valence-electron chi connectivity index (χ1n) is 10.2. The van der Waals surface area contributed by atoms with Gasteiger partial charge < -0.3 is 10.3 Å². The lowest BCUT2D eigenvalue weighted by atomic mass is 9.76. The maximum atomic E-state index is 14.0. The van der Waals surface area contributed by atoms with Gasteiger partial charge in [-0.2, -0.15) is 0 Å². The molecule has 1 aromatic heterocycles. The zero-order valence-electron chi connectivity index (χ0n) is 16.7. The highest BCUT2D eigenvalue weighted by Crippen LogP contribution is 2.43. The van der Waals surface area contributed by atoms with Crippen molar-refractivity contribution in [3.05, 3.63) is 98.7 Å². The van der Waals surface area contributed by atoms with E-state index in [0.717, 1.165) is 24.1 Å². The van der Waals surface area contributed by atoms with Gasteiger partial charge in [0.25, 0.3) is 5.56 Å². The number of rotatable bonds is 4. The number of Topliss-reactive ketones (excluding diaryl/α,β-unsaturated/α-hetero) is 1. The summed E-state index contributed by atoms with van der Waals surface area (Å²) in [6.07, 6.45) is 2.01. The fourth-order valence-corrected chi connectivity index (χ4v) is 5.10. The molecule has 5 rings (SSSR count). The molecular formula is C24H20FN3O2S. The van der Waals surface area contributed by atoms with Gasteiger partial charge in [0, 0.05) is 29.4 Å². The van der Waals surface area contributed by atoms with E-state index in [1.807, 2.05) is 30.3 Å². The van der Waals surface area contributed by atoms with E-state index in [1.165, 1.54) is 17.8 Å². The van der Waals surface area contributed by atoms with Gasteiger partial charge in [0.15, 0.2) is 10.9 Å². The number of hydrogen-bond acceptors (Lipinski definition) is 5. The number of halogens is 1. The van der Waals surface area contributed by atoms with Crippen LogP contribution in [0.1, 0.15) is 41.9 Å². The van der Waals surface area contributed by atoms with Crippen LogP contribution in [0.2, 0.25) is 0 Å². The van der Waals surface area contributed by atoms with E-state index in [9.17, 15) is 14.0 Å². The maximum Gasteiger partial charge on any atom is 0.257 e. The fourth-order valence-electron chi connectivity index (χ4n) is 4.25. The third-order valence-electron chi connectivity index (χ3n) is 5.69. The number of hydrogen-bond donors (Lipinski definition) is 2. The van der Waals surface area contributed by atoms with E-state index in [-0.39, 0.29) is 17.2 Å². The summed E-state index contributed by atoms with van der Waals surface area (Å²) in [4.78, 5) is 33.5. The molecule has 0 spiro atoms. The SMILES string of the molecule is O=C1CCCC2=C1[C@H](c1ccccc1)c1c(nc(SCc3ccccc3F)[nH]c1=O)N2. The van der Waals surface area contributed by atoms with E-state index in [4.69, 9.17) is 0 Å². The summed E-state index contributed by atoms with van der Waals surface area (Å²) in [6.45, 7) is 0. The Bertz CT molecular complexity index is 1250. The normalized spacial score (nSPS) is 17.7. The standard InChI is InChI=1S/C24H20FN3O2S/c25-16-10-5-4-9-15(16)13-31-24-27-22-21(23(30)28-24)19(14-7-2-1-3-8-14)20-17(26-22)11-6-12-18(20)29/h1-5,7-10,19H,6,11-13H2,(H2,26,27,28,30)/t19-/m0/s1. The molecule has 1 atom stereocenters. The Labute approximate surface area is 182 Å². The molecule has 0 radical (unpaired) electrons. The van der Waals surface area contributed by atoms with Crippen molar-refractivity contribution in [3.63, 3.8) is 0 Å². The number of aromatic nitrogens is 2. The number of benzene rings is 2. The molecule has 31 heavy (non-hydrogen) atoms. The second-order valence-electron chi connectivity index (χ2n) is 7.65. The van der Waals surface area contributed by atoms with Crippen molar-refractivity contribution in [2.24, 2.45) is 0 Å². The molecule has 5 nitrogen and oxygen atoms in total. The molecular weight excluding hydrogens is 413 g/mol. The minimum absolute atomic E-state index is 0.0747. The van der Waals surface area contributed by atoms with Gasteiger partial charge in [-0.3, -0.25) is 9.59 Å². The van der Waals surface area contributed by atoms with Crippen LogP contribution in [-0.2, 0) is 10.5 Å². The molecule has 7 heteroatoms. The predicted molar refractivity (Wildman–Crippen MR) is 119 cm³/mol. The summed E-state index contributed by atoms with van der Waals surface area (Å²) in [5, 5.41) is 3.67. The van der Waals surface area contributed by atoms with E-state index in [1.54, 1.807) is 18.2 Å². The van der Waals surface area contributed by atoms with Crippen molar-refractivity contribution < 1.29 is 9.18 Å². The maximum absolute atomic E-state index is 14.0. The second kappa shape index (κ2) is 8.15. The van der Waals surface area contributed by atoms with Crippen LogP contribution in [0.3, 0.4) is 0 Å². The molecule has 2 heterocycles. The van der Waals surface area contributed by atoms with Gasteiger partial charge in [0.1, 0.15) is 11.6 Å². The lowest BCUT2D eigenvalue weighted by molar-refractivity contribution is -0.116. The van der Waals surface area contributed by atoms with Crippen molar-refractivity contribution in [3.8, 4) is 0 Å². The second-order valence-corrected chi connectivity index (χ2v) is 8.62. The zero-order valence-corrected chi connectivity index (χ0v) is 17.5. The molecule has 0 bridgehead atoms. The third-order valence-corrected chi connectivity index (χ3v) is 6.61. The van der Waals surface area contributed by atoms with Crippen LogP contribution in [0.15, 0.2) is 75.8 Å². The Balaban J connectivity index is 1.56. The minimum atomic E-state index is -0.442. The van der Waals surface area contributed by atoms with Gasteiger partial charge in [-0.1, -0.05) is 60.3 Å². The molecule has 0 saturated carbocycles. The van der Waals surface area contributed by atoms with Crippen LogP contribution >= 0.6 is 11.8 Å². The Kier molecular flexibility index (Phi) is 5.19. The number of carbonyl (C=O) groups excluding carboxylic acids is 1. The largest absolute Gasteiger partial charge is 0.343 e. The van der Waals surface area contributed by atoms with Gasteiger partial charge in [0.05, 0.1) is 5.56 Å². The monoisotopic (exact) mass is 433 g/mol. The average molecular weight is 434 g/mol. The number of allylic oxidation sites excluding steroid dienone is 2. The Hall–Kier alpha value is -3.19. The van der Waals surface area contributed by atoms with Crippen LogP contribution in [0.4, 0.5) is 10.2 Å². The van der Waals surface area contributed by atoms with Crippen molar-refractivity contribution in [2.45, 2.75) is 36.1 Å². The average Bonchev–Trinajstić information content (AvgIpc) is 2.78. The molecule has 2 aliphatic rings. The van der Waals surface area contributed by atoms with Crippen LogP contribution in [0.25, 0.3) is 0 Å². The first-order valence-corrected chi connectivity index (χ1v) is 11.2. The highest BCUT2D eigenvalue weighted by Gasteiger charge is 2.37. The van der Waals surface area contributed by atoms with Crippen molar-refractivity contribution >= 4 is 23.4 Å². The quantitative estimate of drug-likeness (QED) is 0.458. The van der Waals surface area contributed by atoms with Gasteiger partial charge in [-0.15, -0.1) is 0 Å². The fraction of sp³-hybridized carbons (Fsp3) is 0.208. The lowest BCUT2D eigenvalue weighted by Crippen LogP contribution is -2.32. The van der Waals surface area contributed by atoms with Gasteiger partial charge in [-0.25, -0.2) is 9.37 Å². The Morgan fingerprint density at radius 3 is 2.61 bits per heavy atom. The molecule has 2 aromatic carbocycles. The van der Waals surface area contributed by atoms with Gasteiger partial charge in [-0.05, 0) is 30.0 Å². The highest BCUT2D eigenvalue weighted by molar-refractivity contribution is 7.98. The molecule has 0 saturated heterocycles. The van der Waals surface area contributed by atoms with E-state index >= 15 is 0 Å². The zero-order chi connectivity index (χ0) is 21.4. The summed E-state index contributed by atoms with van der Waals surface area (Å²) < 4.78 is 14.0. The number of nitrogens with one attached hydrogen (secondary N) is 2. The summed E-state index contributed by atoms with van der Waals surface area (Å²) in [6, 6.07) is 16.2. The first-order chi connectivity index (χ1) is 15.1. The van der Waals surface area contributed by atoms with Crippen LogP contribution < -0.4 is 10.9 Å². The van der Waals surface area contributed by atoms with Crippen LogP contribution in [-0.4, -0.2) is 15.8 Å². The number of thioether (sulfide) groups is 1. The van der Waals surface area contributed by atoms with Crippen molar-refractivity contribution in [2.75, 3.05) is 5.32 Å². The molecule has 0 fully saturated rings. The summed E-state index contributed by atoms with van der Waals surface area (Å²) >= 11 is 1.27. The first kappa shape index (κ1) is 19.8. The van der Waals surface area contributed by atoms with Crippen molar-refractivity contribution in [1.29, 1.82) is 0 Å². The Morgan fingerprint density at radius 1 is 1.03 bits per heavy atom. The summed E-state index contributed by atoms with van der Waals surface area (Å²) in [5.41, 5.74) is 3.13. The van der Waals surface area contributed by atoms with Crippen LogP contribution in [0.5, 0.6) is 0 Å². The molecule has 0 unspecified atom stereocenters. The molecule has 1 aliphatic carbocycles. The lowest BCUT2D eigenvalue weighted by Gasteiger charge is -2.32. The number of fused-ring (bicyclic) bond motifs is 1. The van der Waals surface area contributed by atoms with Gasteiger partial charge in [0.2, 0.25) is 0 Å². The van der Waals surface area contributed by atoms with Gasteiger partial charge >= 0.3 is 0 Å². The molecule has 2 N–H and O–H groups in total. The van der Waals surface area contributed by atoms with Crippen molar-refractivity contribution in [1.82, 2.24) is 9.97 Å². The smallest absolute Gasteiger partial charge is 0.257 e. The van der Waals surface area contributed by atoms with E-state index in [2.05, 4.69) is 15.3 Å². The number of H-pyrrole nitrogens is 1. The van der Waals surface area contributed by atoms with E-state index in [0.29, 0.717) is 39.8 Å². The molecule has 156 valence electrons. The summed E-state index contributed by atoms with van der Waals surface area (Å²) in [5.74, 6) is 0.172. The third kappa shape index (κ3) is 3.70. The molecule has 3 aromatic rings. The number of anilines is 1. The Morgan fingerprint density at radius 2 is 1.81 bits per heavy atom. The molecule has 1 aliphatic heterocycles. The number of ketones is 1. The summed E-state index contributed by atoms with van der Waals surface area (Å²) in [7, 11) is 0. The van der Waals surface area contributed by atoms with Crippen LogP contribution in [0, 0.1) is 5.82 Å².